The van der Waals surface area contributed by atoms with Gasteiger partial charge < -0.3 is 10.2 Å². The summed E-state index contributed by atoms with van der Waals surface area (Å²) in [5, 5.41) is 22.6. The Hall–Kier alpha value is -2.07. The van der Waals surface area contributed by atoms with Gasteiger partial charge in [0, 0.05) is 16.5 Å². The topological polar surface area (TPSA) is 74.6 Å². The van der Waals surface area contributed by atoms with Crippen molar-refractivity contribution in [3.63, 3.8) is 0 Å². The summed E-state index contributed by atoms with van der Waals surface area (Å²) in [7, 11) is 0. The minimum absolute atomic E-state index is 0.0304. The van der Waals surface area contributed by atoms with Crippen molar-refractivity contribution in [1.82, 2.24) is 0 Å². The zero-order chi connectivity index (χ0) is 22.1. The summed E-state index contributed by atoms with van der Waals surface area (Å²) in [5.74, 6) is -1.34. The smallest absolute Gasteiger partial charge is 0.183 e. The maximum atomic E-state index is 13.6. The van der Waals surface area contributed by atoms with Crippen molar-refractivity contribution in [1.29, 1.82) is 0 Å². The summed E-state index contributed by atoms with van der Waals surface area (Å²) in [5.41, 5.74) is 0.183. The van der Waals surface area contributed by atoms with Gasteiger partial charge in [-0.2, -0.15) is 0 Å². The molecular formula is C25H31ClO4. The third-order valence-corrected chi connectivity index (χ3v) is 6.70. The summed E-state index contributed by atoms with van der Waals surface area (Å²) in [6, 6.07) is 7.41. The van der Waals surface area contributed by atoms with E-state index in [4.69, 9.17) is 11.6 Å². The number of aliphatic hydroxyl groups excluding tert-OH is 2. The minimum Gasteiger partial charge on any atom is -0.511 e. The number of allylic oxidation sites excluding steroid dienone is 3. The molecule has 0 bridgehead atoms. The average molecular weight is 431 g/mol. The minimum atomic E-state index is -1.10. The Morgan fingerprint density at radius 3 is 2.20 bits per heavy atom. The van der Waals surface area contributed by atoms with E-state index in [2.05, 4.69) is 0 Å². The predicted octanol–water partition coefficient (Wildman–Crippen LogP) is 6.61. The molecule has 1 aromatic carbocycles. The average Bonchev–Trinajstić information content (AvgIpc) is 3.51. The van der Waals surface area contributed by atoms with E-state index in [9.17, 15) is 19.8 Å². The number of ketones is 2. The number of carbonyl (C=O) groups excluding carboxylic acids is 2. The molecule has 1 fully saturated rings. The van der Waals surface area contributed by atoms with Crippen LogP contribution in [0.2, 0.25) is 5.02 Å². The predicted molar refractivity (Wildman–Crippen MR) is 119 cm³/mol. The van der Waals surface area contributed by atoms with Crippen molar-refractivity contribution in [3.05, 3.63) is 57.5 Å². The second kappa shape index (κ2) is 8.97. The summed E-state index contributed by atoms with van der Waals surface area (Å²) in [4.78, 5) is 27.0. The van der Waals surface area contributed by atoms with E-state index < -0.39 is 11.2 Å². The van der Waals surface area contributed by atoms with Gasteiger partial charge in [0.25, 0.3) is 0 Å². The highest BCUT2D eigenvalue weighted by Crippen LogP contribution is 2.53. The van der Waals surface area contributed by atoms with E-state index in [1.165, 1.54) is 0 Å². The molecule has 4 nitrogen and oxygen atoms in total. The number of carbonyl (C=O) groups is 2. The van der Waals surface area contributed by atoms with Gasteiger partial charge in [-0.3, -0.25) is 9.59 Å². The number of aliphatic hydroxyl groups is 2. The molecule has 0 radical (unpaired) electrons. The van der Waals surface area contributed by atoms with Gasteiger partial charge in [0.05, 0.1) is 5.41 Å². The van der Waals surface area contributed by atoms with Crippen LogP contribution in [0.1, 0.15) is 77.2 Å². The maximum Gasteiger partial charge on any atom is 0.183 e. The first kappa shape index (κ1) is 22.6. The van der Waals surface area contributed by atoms with Gasteiger partial charge in [-0.15, -0.1) is 0 Å². The Bertz CT molecular complexity index is 888. The Kier molecular flexibility index (Phi) is 6.76. The van der Waals surface area contributed by atoms with Crippen molar-refractivity contribution in [2.45, 2.75) is 71.6 Å². The van der Waals surface area contributed by atoms with Crippen LogP contribution in [0.15, 0.2) is 46.9 Å². The molecule has 0 heterocycles. The Morgan fingerprint density at radius 1 is 1.07 bits per heavy atom. The lowest BCUT2D eigenvalue weighted by Gasteiger charge is -2.37. The lowest BCUT2D eigenvalue weighted by Crippen LogP contribution is -2.41. The highest BCUT2D eigenvalue weighted by Gasteiger charge is 2.54. The fourth-order valence-electron chi connectivity index (χ4n) is 4.91. The number of hydrogen-bond acceptors (Lipinski definition) is 4. The zero-order valence-electron chi connectivity index (χ0n) is 18.0. The monoisotopic (exact) mass is 430 g/mol. The van der Waals surface area contributed by atoms with Crippen molar-refractivity contribution in [3.8, 4) is 0 Å². The fourth-order valence-corrected chi connectivity index (χ4v) is 5.04. The van der Waals surface area contributed by atoms with Crippen LogP contribution in [0.5, 0.6) is 0 Å². The second-order valence-corrected chi connectivity index (χ2v) is 9.01. The van der Waals surface area contributed by atoms with E-state index in [0.29, 0.717) is 55.5 Å². The summed E-state index contributed by atoms with van der Waals surface area (Å²) < 4.78 is 0. The molecule has 5 heteroatoms. The molecule has 1 saturated carbocycles. The summed E-state index contributed by atoms with van der Waals surface area (Å²) in [6.07, 6.45) is 4.12. The van der Waals surface area contributed by atoms with Gasteiger partial charge in [-0.05, 0) is 49.3 Å². The Labute approximate surface area is 183 Å². The van der Waals surface area contributed by atoms with Gasteiger partial charge in [-0.25, -0.2) is 0 Å². The number of benzene rings is 1. The quantitative estimate of drug-likeness (QED) is 0.432. The van der Waals surface area contributed by atoms with E-state index in [0.717, 1.165) is 5.56 Å². The molecule has 0 aliphatic heterocycles. The van der Waals surface area contributed by atoms with Crippen molar-refractivity contribution >= 4 is 23.2 Å². The molecule has 30 heavy (non-hydrogen) atoms. The van der Waals surface area contributed by atoms with Crippen LogP contribution in [0, 0.1) is 11.3 Å². The Morgan fingerprint density at radius 2 is 1.67 bits per heavy atom. The van der Waals surface area contributed by atoms with Crippen molar-refractivity contribution in [2.24, 2.45) is 11.3 Å². The fraction of sp³-hybridized carbons (Fsp3) is 0.520. The van der Waals surface area contributed by atoms with Gasteiger partial charge in [0.15, 0.2) is 11.6 Å². The molecule has 0 amide bonds. The summed E-state index contributed by atoms with van der Waals surface area (Å²) >= 11 is 5.96. The first-order valence-electron chi connectivity index (χ1n) is 11.0. The molecule has 0 aromatic heterocycles. The zero-order valence-corrected chi connectivity index (χ0v) is 18.8. The third kappa shape index (κ3) is 3.82. The van der Waals surface area contributed by atoms with Crippen LogP contribution in [0.25, 0.3) is 0 Å². The highest BCUT2D eigenvalue weighted by molar-refractivity contribution is 6.30. The molecule has 2 N–H and O–H groups in total. The molecule has 2 atom stereocenters. The third-order valence-electron chi connectivity index (χ3n) is 6.45. The van der Waals surface area contributed by atoms with Gasteiger partial charge >= 0.3 is 0 Å². The van der Waals surface area contributed by atoms with Crippen LogP contribution in [-0.4, -0.2) is 21.8 Å². The number of halogens is 1. The SMILES string of the molecule is CCCC1=C(O)C(CCC)(CCC)C(=O)C(C(=O)[C@H]2CC2c2ccc(Cl)cc2)=C1O. The van der Waals surface area contributed by atoms with Crippen molar-refractivity contribution < 1.29 is 19.8 Å². The maximum absolute atomic E-state index is 13.6. The van der Waals surface area contributed by atoms with Crippen LogP contribution in [0.3, 0.4) is 0 Å². The molecule has 2 aliphatic rings. The molecule has 0 saturated heterocycles. The standard InChI is InChI=1S/C25H31ClO4/c1-4-7-17-21(27)20(24(30)25(12-5-2,13-6-3)23(17)29)22(28)19-14-18(19)15-8-10-16(26)11-9-15/h8-11,18-19,27,29H,4-7,12-14H2,1-3H3/t18?,19-/m0/s1. The molecule has 162 valence electrons. The second-order valence-electron chi connectivity index (χ2n) is 8.58. The normalized spacial score (nSPS) is 23.1. The molecule has 1 aromatic rings. The lowest BCUT2D eigenvalue weighted by molar-refractivity contribution is -0.129. The van der Waals surface area contributed by atoms with E-state index in [-0.39, 0.29) is 34.7 Å². The largest absolute Gasteiger partial charge is 0.511 e. The van der Waals surface area contributed by atoms with Crippen molar-refractivity contribution in [2.75, 3.05) is 0 Å². The highest BCUT2D eigenvalue weighted by atomic mass is 35.5. The first-order valence-corrected chi connectivity index (χ1v) is 11.4. The molecular weight excluding hydrogens is 400 g/mol. The summed E-state index contributed by atoms with van der Waals surface area (Å²) in [6.45, 7) is 5.88. The van der Waals surface area contributed by atoms with Crippen LogP contribution < -0.4 is 0 Å². The van der Waals surface area contributed by atoms with Crippen LogP contribution in [0.4, 0.5) is 0 Å². The van der Waals surface area contributed by atoms with Gasteiger partial charge in [0.1, 0.15) is 17.1 Å². The lowest BCUT2D eigenvalue weighted by atomic mass is 9.66. The first-order chi connectivity index (χ1) is 14.3. The number of rotatable bonds is 9. The van der Waals surface area contributed by atoms with E-state index in [1.807, 2.05) is 32.9 Å². The molecule has 1 unspecified atom stereocenters. The Balaban J connectivity index is 2.00. The number of Topliss-reactive ketones (excluding diaryl/α,β-unsaturated/α-hetero) is 2. The van der Waals surface area contributed by atoms with Gasteiger partial charge in [0.2, 0.25) is 0 Å². The van der Waals surface area contributed by atoms with Gasteiger partial charge in [-0.1, -0.05) is 63.8 Å². The van der Waals surface area contributed by atoms with E-state index >= 15 is 0 Å². The van der Waals surface area contributed by atoms with Crippen LogP contribution in [-0.2, 0) is 9.59 Å². The molecule has 3 rings (SSSR count). The van der Waals surface area contributed by atoms with Crippen LogP contribution >= 0.6 is 11.6 Å². The molecule has 2 aliphatic carbocycles. The number of hydrogen-bond donors (Lipinski definition) is 2. The molecule has 0 spiro atoms. The van der Waals surface area contributed by atoms with E-state index in [1.54, 1.807) is 12.1 Å².